The van der Waals surface area contributed by atoms with E-state index in [0.29, 0.717) is 36.4 Å². The van der Waals surface area contributed by atoms with Gasteiger partial charge in [-0.3, -0.25) is 0 Å². The summed E-state index contributed by atoms with van der Waals surface area (Å²) in [4.78, 5) is 4.95. The number of aromatic nitrogens is 1. The van der Waals surface area contributed by atoms with Crippen LogP contribution in [0, 0.1) is 5.92 Å². The summed E-state index contributed by atoms with van der Waals surface area (Å²) in [6.07, 6.45) is 1.64. The van der Waals surface area contributed by atoms with Gasteiger partial charge in [0.15, 0.2) is 11.7 Å². The van der Waals surface area contributed by atoms with Gasteiger partial charge in [0, 0.05) is 32.2 Å². The lowest BCUT2D eigenvalue weighted by molar-refractivity contribution is 0.273. The fraction of sp³-hybridized carbons (Fsp3) is 0.545. The van der Waals surface area contributed by atoms with Crippen molar-refractivity contribution in [2.75, 3.05) is 26.2 Å². The van der Waals surface area contributed by atoms with Gasteiger partial charge in [-0.1, -0.05) is 37.2 Å². The number of guanidine groups is 1. The largest absolute Gasteiger partial charge is 0.359 e. The van der Waals surface area contributed by atoms with Gasteiger partial charge in [-0.05, 0) is 43.7 Å². The lowest BCUT2D eigenvalue weighted by Gasteiger charge is -2.31. The Morgan fingerprint density at radius 2 is 1.94 bits per heavy atom. The van der Waals surface area contributed by atoms with E-state index in [1.54, 1.807) is 28.6 Å². The molecule has 2 N–H and O–H groups in total. The van der Waals surface area contributed by atoms with Crippen molar-refractivity contribution in [2.24, 2.45) is 10.9 Å². The minimum absolute atomic E-state index is 0.324. The van der Waals surface area contributed by atoms with Crippen molar-refractivity contribution >= 4 is 16.0 Å². The second-order valence-corrected chi connectivity index (χ2v) is 10.0. The predicted molar refractivity (Wildman–Crippen MR) is 121 cm³/mol. The van der Waals surface area contributed by atoms with Crippen molar-refractivity contribution < 1.29 is 12.9 Å². The molecule has 0 amide bonds. The molecular weight excluding hydrogens is 414 g/mol. The molecule has 0 unspecified atom stereocenters. The van der Waals surface area contributed by atoms with E-state index >= 15 is 0 Å². The zero-order valence-electron chi connectivity index (χ0n) is 18.5. The van der Waals surface area contributed by atoms with Crippen molar-refractivity contribution in [1.82, 2.24) is 20.1 Å². The second kappa shape index (κ2) is 10.8. The Morgan fingerprint density at radius 1 is 1.23 bits per heavy atom. The summed E-state index contributed by atoms with van der Waals surface area (Å²) in [6, 6.07) is 10.6. The van der Waals surface area contributed by atoms with Gasteiger partial charge in [-0.2, -0.15) is 4.31 Å². The first-order chi connectivity index (χ1) is 14.9. The van der Waals surface area contributed by atoms with Crippen molar-refractivity contribution in [3.63, 3.8) is 0 Å². The van der Waals surface area contributed by atoms with E-state index in [-0.39, 0.29) is 0 Å². The van der Waals surface area contributed by atoms with E-state index in [0.717, 1.165) is 43.3 Å². The van der Waals surface area contributed by atoms with Gasteiger partial charge in [0.1, 0.15) is 6.54 Å². The Labute approximate surface area is 185 Å². The van der Waals surface area contributed by atoms with E-state index in [2.05, 4.69) is 34.6 Å². The molecule has 2 heterocycles. The van der Waals surface area contributed by atoms with Crippen molar-refractivity contribution in [1.29, 1.82) is 0 Å². The highest BCUT2D eigenvalue weighted by molar-refractivity contribution is 7.89. The summed E-state index contributed by atoms with van der Waals surface area (Å²) >= 11 is 0. The van der Waals surface area contributed by atoms with Gasteiger partial charge < -0.3 is 15.2 Å². The number of sulfonamides is 1. The molecule has 0 bridgehead atoms. The lowest BCUT2D eigenvalue weighted by Crippen LogP contribution is -2.44. The quantitative estimate of drug-likeness (QED) is 0.477. The first kappa shape index (κ1) is 23.3. The fourth-order valence-electron chi connectivity index (χ4n) is 3.51. The first-order valence-electron chi connectivity index (χ1n) is 10.9. The van der Waals surface area contributed by atoms with Gasteiger partial charge in [-0.25, -0.2) is 13.4 Å². The summed E-state index contributed by atoms with van der Waals surface area (Å²) in [5.41, 5.74) is 0.931. The van der Waals surface area contributed by atoms with Crippen LogP contribution in [0.25, 0.3) is 0 Å². The van der Waals surface area contributed by atoms with E-state index in [9.17, 15) is 8.42 Å². The van der Waals surface area contributed by atoms with Crippen LogP contribution in [0.4, 0.5) is 0 Å². The van der Waals surface area contributed by atoms with E-state index in [1.165, 1.54) is 0 Å². The molecule has 31 heavy (non-hydrogen) atoms. The number of rotatable bonds is 8. The Morgan fingerprint density at radius 3 is 2.55 bits per heavy atom. The molecule has 1 aromatic heterocycles. The SMILES string of the molecule is CCNC(=NCc1cc(C(C)C)no1)NCC1CCN(S(=O)(=O)c2ccccc2)CC1. The molecule has 1 saturated heterocycles. The second-order valence-electron chi connectivity index (χ2n) is 8.11. The molecule has 8 nitrogen and oxygen atoms in total. The molecule has 0 radical (unpaired) electrons. The zero-order chi connectivity index (χ0) is 22.3. The minimum atomic E-state index is -3.41. The Balaban J connectivity index is 1.50. The zero-order valence-corrected chi connectivity index (χ0v) is 19.4. The molecule has 0 saturated carbocycles. The van der Waals surface area contributed by atoms with Crippen LogP contribution < -0.4 is 10.6 Å². The highest BCUT2D eigenvalue weighted by Gasteiger charge is 2.29. The summed E-state index contributed by atoms with van der Waals surface area (Å²) in [6.45, 7) is 9.17. The predicted octanol–water partition coefficient (Wildman–Crippen LogP) is 2.95. The molecule has 170 valence electrons. The standard InChI is InChI=1S/C22H33N5O3S/c1-4-23-22(25-16-19-14-21(17(2)3)26-30-19)24-15-18-10-12-27(13-11-18)31(28,29)20-8-6-5-7-9-20/h5-9,14,17-18H,4,10-13,15-16H2,1-3H3,(H2,23,24,25). The molecule has 3 rings (SSSR count). The van der Waals surface area contributed by atoms with Crippen molar-refractivity contribution in [3.8, 4) is 0 Å². The van der Waals surface area contributed by atoms with Crippen LogP contribution in [0.2, 0.25) is 0 Å². The molecule has 0 aliphatic carbocycles. The van der Waals surface area contributed by atoms with Gasteiger partial charge in [0.2, 0.25) is 10.0 Å². The van der Waals surface area contributed by atoms with Gasteiger partial charge >= 0.3 is 0 Å². The summed E-state index contributed by atoms with van der Waals surface area (Å²) in [5.74, 6) is 2.18. The lowest BCUT2D eigenvalue weighted by atomic mass is 9.98. The van der Waals surface area contributed by atoms with Crippen LogP contribution in [0.3, 0.4) is 0 Å². The molecule has 1 fully saturated rings. The Kier molecular flexibility index (Phi) is 8.09. The molecule has 9 heteroatoms. The average molecular weight is 448 g/mol. The molecule has 0 atom stereocenters. The number of aliphatic imine (C=N–C) groups is 1. The average Bonchev–Trinajstić information content (AvgIpc) is 3.26. The van der Waals surface area contributed by atoms with Gasteiger partial charge in [0.05, 0.1) is 10.6 Å². The smallest absolute Gasteiger partial charge is 0.243 e. The van der Waals surface area contributed by atoms with E-state index < -0.39 is 10.0 Å². The van der Waals surface area contributed by atoms with Crippen LogP contribution >= 0.6 is 0 Å². The first-order valence-corrected chi connectivity index (χ1v) is 12.4. The topological polar surface area (TPSA) is 99.8 Å². The summed E-state index contributed by atoms with van der Waals surface area (Å²) in [5, 5.41) is 10.7. The maximum Gasteiger partial charge on any atom is 0.243 e. The number of benzene rings is 1. The number of hydrogen-bond donors (Lipinski definition) is 2. The maximum absolute atomic E-state index is 12.8. The number of nitrogens with one attached hydrogen (secondary N) is 2. The number of piperidine rings is 1. The third kappa shape index (κ3) is 6.30. The highest BCUT2D eigenvalue weighted by Crippen LogP contribution is 2.23. The van der Waals surface area contributed by atoms with E-state index in [1.807, 2.05) is 19.1 Å². The summed E-state index contributed by atoms with van der Waals surface area (Å²) in [7, 11) is -3.41. The molecular formula is C22H33N5O3S. The molecule has 2 aromatic rings. The maximum atomic E-state index is 12.8. The van der Waals surface area contributed by atoms with Gasteiger partial charge in [-0.15, -0.1) is 0 Å². The van der Waals surface area contributed by atoms with Gasteiger partial charge in [0.25, 0.3) is 0 Å². The Hall–Kier alpha value is -2.39. The molecule has 1 aliphatic rings. The minimum Gasteiger partial charge on any atom is -0.359 e. The molecule has 0 spiro atoms. The third-order valence-corrected chi connectivity index (χ3v) is 7.33. The van der Waals surface area contributed by atoms with Crippen LogP contribution in [0.15, 0.2) is 50.8 Å². The summed E-state index contributed by atoms with van der Waals surface area (Å²) < 4.78 is 32.5. The van der Waals surface area contributed by atoms with Crippen molar-refractivity contribution in [2.45, 2.75) is 51.0 Å². The normalized spacial score (nSPS) is 16.6. The van der Waals surface area contributed by atoms with Crippen LogP contribution in [0.5, 0.6) is 0 Å². The number of nitrogens with zero attached hydrogens (tertiary/aromatic N) is 3. The molecule has 1 aliphatic heterocycles. The molecule has 1 aromatic carbocycles. The van der Waals surface area contributed by atoms with Crippen LogP contribution in [0.1, 0.15) is 51.0 Å². The van der Waals surface area contributed by atoms with E-state index in [4.69, 9.17) is 4.52 Å². The third-order valence-electron chi connectivity index (χ3n) is 5.42. The van der Waals surface area contributed by atoms with Crippen LogP contribution in [-0.2, 0) is 16.6 Å². The monoisotopic (exact) mass is 447 g/mol. The van der Waals surface area contributed by atoms with Crippen LogP contribution in [-0.4, -0.2) is 50.0 Å². The van der Waals surface area contributed by atoms with Crippen molar-refractivity contribution in [3.05, 3.63) is 47.9 Å². The Bertz CT molecular complexity index is 949. The highest BCUT2D eigenvalue weighted by atomic mass is 32.2. The number of hydrogen-bond acceptors (Lipinski definition) is 5. The fourth-order valence-corrected chi connectivity index (χ4v) is 5.00.